The minimum Gasteiger partial charge on any atom is -0.455 e. The van der Waals surface area contributed by atoms with Gasteiger partial charge in [-0.15, -0.1) is 11.8 Å². The molecule has 2 nitrogen and oxygen atoms in total. The third kappa shape index (κ3) is 4.33. The molecule has 0 aliphatic rings. The first kappa shape index (κ1) is 11.1. The van der Waals surface area contributed by atoms with Gasteiger partial charge in [-0.05, 0) is 18.2 Å². The molecule has 0 amide bonds. The molecule has 0 N–H and O–H groups in total. The van der Waals surface area contributed by atoms with Gasteiger partial charge in [0.25, 0.3) is 0 Å². The summed E-state index contributed by atoms with van der Waals surface area (Å²) in [6.45, 7) is 0. The highest BCUT2D eigenvalue weighted by molar-refractivity contribution is 7.98. The van der Waals surface area contributed by atoms with Gasteiger partial charge in [-0.1, -0.05) is 30.3 Å². The SMILES string of the molecule is CSCOC(=O)CCc1ccccc1. The highest BCUT2D eigenvalue weighted by Gasteiger charge is 2.02. The van der Waals surface area contributed by atoms with E-state index in [2.05, 4.69) is 0 Å². The first-order valence-corrected chi connectivity index (χ1v) is 5.91. The maximum Gasteiger partial charge on any atom is 0.306 e. The smallest absolute Gasteiger partial charge is 0.306 e. The van der Waals surface area contributed by atoms with Crippen LogP contribution in [0.4, 0.5) is 0 Å². The molecule has 1 rings (SSSR count). The summed E-state index contributed by atoms with van der Waals surface area (Å²) in [5, 5.41) is 0. The first-order valence-electron chi connectivity index (χ1n) is 4.51. The Bertz CT molecular complexity index is 272. The molecule has 0 radical (unpaired) electrons. The molecule has 14 heavy (non-hydrogen) atoms. The van der Waals surface area contributed by atoms with E-state index < -0.39 is 0 Å². The number of ether oxygens (including phenoxy) is 1. The quantitative estimate of drug-likeness (QED) is 0.551. The second-order valence-electron chi connectivity index (χ2n) is 2.91. The summed E-state index contributed by atoms with van der Waals surface area (Å²) in [6.07, 6.45) is 3.13. The summed E-state index contributed by atoms with van der Waals surface area (Å²) in [4.78, 5) is 11.1. The Morgan fingerprint density at radius 1 is 1.36 bits per heavy atom. The van der Waals surface area contributed by atoms with Gasteiger partial charge in [0.2, 0.25) is 0 Å². The molecule has 0 heterocycles. The van der Waals surface area contributed by atoms with E-state index in [9.17, 15) is 4.79 Å². The average molecular weight is 210 g/mol. The van der Waals surface area contributed by atoms with E-state index in [0.29, 0.717) is 12.4 Å². The minimum absolute atomic E-state index is 0.122. The minimum atomic E-state index is -0.122. The van der Waals surface area contributed by atoms with E-state index in [4.69, 9.17) is 4.74 Å². The third-order valence-corrected chi connectivity index (χ3v) is 2.15. The van der Waals surface area contributed by atoms with E-state index >= 15 is 0 Å². The Labute approximate surface area is 88.7 Å². The van der Waals surface area contributed by atoms with Gasteiger partial charge < -0.3 is 4.74 Å². The van der Waals surface area contributed by atoms with Gasteiger partial charge in [0.05, 0.1) is 0 Å². The van der Waals surface area contributed by atoms with Crippen molar-refractivity contribution in [2.45, 2.75) is 12.8 Å². The molecular formula is C11H14O2S. The fourth-order valence-corrected chi connectivity index (χ4v) is 1.34. The molecule has 0 aliphatic heterocycles. The predicted molar refractivity (Wildman–Crippen MR) is 59.2 cm³/mol. The van der Waals surface area contributed by atoms with Crippen LogP contribution in [0, 0.1) is 0 Å². The monoisotopic (exact) mass is 210 g/mol. The molecule has 0 aliphatic carbocycles. The van der Waals surface area contributed by atoms with Gasteiger partial charge in [-0.3, -0.25) is 4.79 Å². The normalized spacial score (nSPS) is 9.79. The van der Waals surface area contributed by atoms with Crippen molar-refractivity contribution < 1.29 is 9.53 Å². The molecule has 3 heteroatoms. The summed E-state index contributed by atoms with van der Waals surface area (Å²) in [5.74, 6) is 0.330. The lowest BCUT2D eigenvalue weighted by Gasteiger charge is -2.02. The summed E-state index contributed by atoms with van der Waals surface area (Å²) in [5.41, 5.74) is 1.17. The van der Waals surface area contributed by atoms with Crippen LogP contribution in [0.25, 0.3) is 0 Å². The molecule has 1 aromatic rings. The molecule has 76 valence electrons. The lowest BCUT2D eigenvalue weighted by atomic mass is 10.1. The Kier molecular flexibility index (Phi) is 5.15. The highest BCUT2D eigenvalue weighted by Crippen LogP contribution is 2.04. The van der Waals surface area contributed by atoms with Crippen molar-refractivity contribution in [2.24, 2.45) is 0 Å². The van der Waals surface area contributed by atoms with Crippen LogP contribution in [0.2, 0.25) is 0 Å². The zero-order chi connectivity index (χ0) is 10.2. The van der Waals surface area contributed by atoms with Gasteiger partial charge in [-0.2, -0.15) is 0 Å². The lowest BCUT2D eigenvalue weighted by Crippen LogP contribution is -2.04. The van der Waals surface area contributed by atoms with Crippen LogP contribution in [-0.2, 0) is 16.0 Å². The Morgan fingerprint density at radius 2 is 2.07 bits per heavy atom. The number of rotatable bonds is 5. The maximum absolute atomic E-state index is 11.1. The van der Waals surface area contributed by atoms with E-state index in [1.807, 2.05) is 36.6 Å². The molecule has 0 spiro atoms. The van der Waals surface area contributed by atoms with Gasteiger partial charge in [0, 0.05) is 6.42 Å². The molecular weight excluding hydrogens is 196 g/mol. The third-order valence-electron chi connectivity index (χ3n) is 1.80. The van der Waals surface area contributed by atoms with Gasteiger partial charge in [-0.25, -0.2) is 0 Å². The zero-order valence-electron chi connectivity index (χ0n) is 8.23. The van der Waals surface area contributed by atoms with Gasteiger partial charge in [0.1, 0.15) is 5.94 Å². The largest absolute Gasteiger partial charge is 0.455 e. The molecule has 0 bridgehead atoms. The number of hydrogen-bond donors (Lipinski definition) is 0. The standard InChI is InChI=1S/C11H14O2S/c1-14-9-13-11(12)8-7-10-5-3-2-4-6-10/h2-6H,7-9H2,1H3. The second-order valence-corrected chi connectivity index (χ2v) is 3.72. The van der Waals surface area contributed by atoms with Gasteiger partial charge >= 0.3 is 5.97 Å². The van der Waals surface area contributed by atoms with E-state index in [1.54, 1.807) is 0 Å². The van der Waals surface area contributed by atoms with Crippen molar-refractivity contribution in [3.63, 3.8) is 0 Å². The topological polar surface area (TPSA) is 26.3 Å². The van der Waals surface area contributed by atoms with Crippen molar-refractivity contribution >= 4 is 17.7 Å². The predicted octanol–water partition coefficient (Wildman–Crippen LogP) is 2.48. The summed E-state index contributed by atoms with van der Waals surface area (Å²) in [6, 6.07) is 9.95. The van der Waals surface area contributed by atoms with Crippen LogP contribution in [-0.4, -0.2) is 18.2 Å². The van der Waals surface area contributed by atoms with Crippen molar-refractivity contribution in [1.29, 1.82) is 0 Å². The highest BCUT2D eigenvalue weighted by atomic mass is 32.2. The van der Waals surface area contributed by atoms with E-state index in [-0.39, 0.29) is 5.97 Å². The number of thioether (sulfide) groups is 1. The summed E-state index contributed by atoms with van der Waals surface area (Å²) in [7, 11) is 0. The summed E-state index contributed by atoms with van der Waals surface area (Å²) >= 11 is 1.51. The van der Waals surface area contributed by atoms with E-state index in [0.717, 1.165) is 6.42 Å². The maximum atomic E-state index is 11.1. The van der Waals surface area contributed by atoms with Crippen molar-refractivity contribution in [3.8, 4) is 0 Å². The number of carbonyl (C=O) groups is 1. The molecule has 0 unspecified atom stereocenters. The fraction of sp³-hybridized carbons (Fsp3) is 0.364. The molecule has 0 fully saturated rings. The number of hydrogen-bond acceptors (Lipinski definition) is 3. The molecule has 0 saturated heterocycles. The van der Waals surface area contributed by atoms with Crippen LogP contribution in [0.3, 0.4) is 0 Å². The van der Waals surface area contributed by atoms with Crippen molar-refractivity contribution in [3.05, 3.63) is 35.9 Å². The Balaban J connectivity index is 2.24. The van der Waals surface area contributed by atoms with Gasteiger partial charge in [0.15, 0.2) is 0 Å². The fourth-order valence-electron chi connectivity index (χ4n) is 1.09. The molecule has 0 atom stereocenters. The van der Waals surface area contributed by atoms with Crippen LogP contribution in [0.5, 0.6) is 0 Å². The lowest BCUT2D eigenvalue weighted by molar-refractivity contribution is -0.141. The van der Waals surface area contributed by atoms with Crippen LogP contribution in [0.15, 0.2) is 30.3 Å². The first-order chi connectivity index (χ1) is 6.83. The molecule has 0 saturated carbocycles. The van der Waals surface area contributed by atoms with E-state index in [1.165, 1.54) is 17.3 Å². The zero-order valence-corrected chi connectivity index (χ0v) is 9.05. The Morgan fingerprint density at radius 3 is 2.71 bits per heavy atom. The van der Waals surface area contributed by atoms with Crippen LogP contribution < -0.4 is 0 Å². The average Bonchev–Trinajstić information content (AvgIpc) is 2.25. The molecule has 0 aromatic heterocycles. The molecule has 1 aromatic carbocycles. The Hall–Kier alpha value is -0.960. The number of esters is 1. The second kappa shape index (κ2) is 6.49. The van der Waals surface area contributed by atoms with Crippen molar-refractivity contribution in [2.75, 3.05) is 12.2 Å². The summed E-state index contributed by atoms with van der Waals surface area (Å²) < 4.78 is 4.94. The van der Waals surface area contributed by atoms with Crippen molar-refractivity contribution in [1.82, 2.24) is 0 Å². The number of aryl methyl sites for hydroxylation is 1. The van der Waals surface area contributed by atoms with Crippen LogP contribution in [0.1, 0.15) is 12.0 Å². The van der Waals surface area contributed by atoms with Crippen LogP contribution >= 0.6 is 11.8 Å². The number of benzene rings is 1. The number of carbonyl (C=O) groups excluding carboxylic acids is 1.